The van der Waals surface area contributed by atoms with E-state index in [2.05, 4.69) is 4.74 Å². The largest absolute Gasteiger partial charge is 0.463 e. The van der Waals surface area contributed by atoms with Crippen LogP contribution in [0.5, 0.6) is 0 Å². The number of nitrogens with zero attached hydrogens (tertiary/aromatic N) is 1. The number of carbonyl (C=O) groups is 1. The van der Waals surface area contributed by atoms with Crippen LogP contribution >= 0.6 is 0 Å². The number of rotatable bonds is 4. The van der Waals surface area contributed by atoms with Crippen molar-refractivity contribution in [2.75, 3.05) is 0 Å². The Kier molecular flexibility index (Phi) is 12.5. The molecule has 1 aromatic carbocycles. The first-order chi connectivity index (χ1) is 8.24. The van der Waals surface area contributed by atoms with Gasteiger partial charge in [0.05, 0.1) is 4.92 Å². The molecule has 0 amide bonds. The van der Waals surface area contributed by atoms with E-state index < -0.39 is 4.92 Å². The summed E-state index contributed by atoms with van der Waals surface area (Å²) in [4.78, 5) is 19.6. The Labute approximate surface area is 102 Å². The second-order valence-corrected chi connectivity index (χ2v) is 2.33. The van der Waals surface area contributed by atoms with E-state index in [4.69, 9.17) is 0 Å². The highest BCUT2D eigenvalue weighted by atomic mass is 16.6. The monoisotopic (exact) mass is 241 g/mol. The maximum absolute atomic E-state index is 10.2. The first-order valence-corrected chi connectivity index (χ1v) is 5.52. The van der Waals surface area contributed by atoms with E-state index in [0.29, 0.717) is 6.47 Å². The molecule has 1 rings (SSSR count). The topological polar surface area (TPSA) is 69.4 Å². The molecule has 0 unspecified atom stereocenters. The number of carbonyl (C=O) groups excluding carboxylic acids is 1. The molecule has 0 aliphatic carbocycles. The summed E-state index contributed by atoms with van der Waals surface area (Å²) in [5.74, 6) is 0. The lowest BCUT2D eigenvalue weighted by atomic mass is 10.2. The van der Waals surface area contributed by atoms with Gasteiger partial charge in [-0.2, -0.15) is 0 Å². The molecule has 5 heteroatoms. The van der Waals surface area contributed by atoms with Crippen LogP contribution in [0.1, 0.15) is 33.3 Å². The van der Waals surface area contributed by atoms with Gasteiger partial charge in [0.15, 0.2) is 0 Å². The molecule has 0 atom stereocenters. The Morgan fingerprint density at radius 3 is 2.00 bits per heavy atom. The molecule has 0 aromatic heterocycles. The molecule has 5 nitrogen and oxygen atoms in total. The number of benzene rings is 1. The SMILES string of the molecule is CC.CC.O=COCc1ccc([N+](=O)[O-])cc1. The zero-order valence-electron chi connectivity index (χ0n) is 10.7. The summed E-state index contributed by atoms with van der Waals surface area (Å²) in [6, 6.07) is 5.82. The van der Waals surface area contributed by atoms with Crippen molar-refractivity contribution in [3.05, 3.63) is 39.9 Å². The van der Waals surface area contributed by atoms with Gasteiger partial charge >= 0.3 is 0 Å². The van der Waals surface area contributed by atoms with Crippen LogP contribution in [0.25, 0.3) is 0 Å². The summed E-state index contributed by atoms with van der Waals surface area (Å²) in [6.07, 6.45) is 0. The Bertz CT molecular complexity index is 309. The normalized spacial score (nSPS) is 7.76. The molecule has 0 saturated carbocycles. The van der Waals surface area contributed by atoms with E-state index in [0.717, 1.165) is 5.56 Å². The van der Waals surface area contributed by atoms with E-state index in [1.165, 1.54) is 12.1 Å². The van der Waals surface area contributed by atoms with Gasteiger partial charge in [0.2, 0.25) is 0 Å². The minimum Gasteiger partial charge on any atom is -0.463 e. The van der Waals surface area contributed by atoms with Gasteiger partial charge in [-0.25, -0.2) is 0 Å². The molecule has 1 aromatic rings. The molecule has 0 spiro atoms. The van der Waals surface area contributed by atoms with E-state index in [1.807, 2.05) is 27.7 Å². The third kappa shape index (κ3) is 7.96. The number of hydrogen-bond acceptors (Lipinski definition) is 4. The average Bonchev–Trinajstić information content (AvgIpc) is 2.41. The highest BCUT2D eigenvalue weighted by Crippen LogP contribution is 2.11. The smallest absolute Gasteiger partial charge is 0.293 e. The Morgan fingerprint density at radius 2 is 1.65 bits per heavy atom. The van der Waals surface area contributed by atoms with Crippen LogP contribution in [0, 0.1) is 10.1 Å². The first-order valence-electron chi connectivity index (χ1n) is 5.52. The van der Waals surface area contributed by atoms with Crippen molar-refractivity contribution in [3.63, 3.8) is 0 Å². The third-order valence-corrected chi connectivity index (χ3v) is 1.47. The number of nitro groups is 1. The Hall–Kier alpha value is -1.91. The predicted octanol–water partition coefficient (Wildman–Crippen LogP) is 3.32. The summed E-state index contributed by atoms with van der Waals surface area (Å²) >= 11 is 0. The quantitative estimate of drug-likeness (QED) is 0.460. The van der Waals surface area contributed by atoms with E-state index in [1.54, 1.807) is 12.1 Å². The lowest BCUT2D eigenvalue weighted by Gasteiger charge is -1.97. The predicted molar refractivity (Wildman–Crippen MR) is 66.6 cm³/mol. The molecule has 96 valence electrons. The lowest BCUT2D eigenvalue weighted by Crippen LogP contribution is -1.91. The summed E-state index contributed by atoms with van der Waals surface area (Å²) in [5.41, 5.74) is 0.743. The number of ether oxygens (including phenoxy) is 1. The molecule has 17 heavy (non-hydrogen) atoms. The molecule has 0 heterocycles. The van der Waals surface area contributed by atoms with Crippen molar-refractivity contribution in [2.45, 2.75) is 34.3 Å². The molecule has 0 bridgehead atoms. The molecular formula is C12H19NO4. The fraction of sp³-hybridized carbons (Fsp3) is 0.417. The average molecular weight is 241 g/mol. The second-order valence-electron chi connectivity index (χ2n) is 2.33. The number of nitro benzene ring substituents is 1. The number of non-ortho nitro benzene ring substituents is 1. The van der Waals surface area contributed by atoms with Gasteiger partial charge in [0.1, 0.15) is 6.61 Å². The highest BCUT2D eigenvalue weighted by Gasteiger charge is 2.03. The first kappa shape index (κ1) is 17.5. The third-order valence-electron chi connectivity index (χ3n) is 1.47. The van der Waals surface area contributed by atoms with Gasteiger partial charge in [0, 0.05) is 12.1 Å². The van der Waals surface area contributed by atoms with Gasteiger partial charge in [-0.05, 0) is 17.7 Å². The van der Waals surface area contributed by atoms with Crippen LogP contribution in [-0.4, -0.2) is 11.4 Å². The molecular weight excluding hydrogens is 222 g/mol. The fourth-order valence-electron chi connectivity index (χ4n) is 0.844. The van der Waals surface area contributed by atoms with Crippen molar-refractivity contribution < 1.29 is 14.5 Å². The highest BCUT2D eigenvalue weighted by molar-refractivity contribution is 5.38. The molecule has 0 fully saturated rings. The van der Waals surface area contributed by atoms with Crippen LogP contribution < -0.4 is 0 Å². The molecule has 0 saturated heterocycles. The van der Waals surface area contributed by atoms with E-state index in [9.17, 15) is 14.9 Å². The van der Waals surface area contributed by atoms with Crippen molar-refractivity contribution in [1.82, 2.24) is 0 Å². The van der Waals surface area contributed by atoms with Crippen LogP contribution in [-0.2, 0) is 16.1 Å². The standard InChI is InChI=1S/C8H7NO4.2C2H6/c10-6-13-5-7-1-3-8(4-2-7)9(11)12;2*1-2/h1-4,6H,5H2;2*1-2H3. The van der Waals surface area contributed by atoms with Crippen LogP contribution in [0.15, 0.2) is 24.3 Å². The van der Waals surface area contributed by atoms with Crippen molar-refractivity contribution in [1.29, 1.82) is 0 Å². The van der Waals surface area contributed by atoms with E-state index in [-0.39, 0.29) is 12.3 Å². The fourth-order valence-corrected chi connectivity index (χ4v) is 0.844. The maximum atomic E-state index is 10.2. The Morgan fingerprint density at radius 1 is 1.18 bits per heavy atom. The number of hydrogen-bond donors (Lipinski definition) is 0. The Balaban J connectivity index is 0. The van der Waals surface area contributed by atoms with Gasteiger partial charge < -0.3 is 4.74 Å². The minimum absolute atomic E-state index is 0.0230. The molecule has 0 aliphatic heterocycles. The van der Waals surface area contributed by atoms with Gasteiger partial charge in [-0.3, -0.25) is 14.9 Å². The zero-order chi connectivity index (χ0) is 13.7. The molecule has 0 radical (unpaired) electrons. The van der Waals surface area contributed by atoms with Crippen LogP contribution in [0.4, 0.5) is 5.69 Å². The lowest BCUT2D eigenvalue weighted by molar-refractivity contribution is -0.384. The van der Waals surface area contributed by atoms with Gasteiger partial charge in [0.25, 0.3) is 12.2 Å². The van der Waals surface area contributed by atoms with Crippen molar-refractivity contribution in [3.8, 4) is 0 Å². The second kappa shape index (κ2) is 12.2. The summed E-state index contributed by atoms with van der Waals surface area (Å²) in [7, 11) is 0. The van der Waals surface area contributed by atoms with Crippen LogP contribution in [0.3, 0.4) is 0 Å². The molecule has 0 N–H and O–H groups in total. The summed E-state index contributed by atoms with van der Waals surface area (Å²) in [6.45, 7) is 8.48. The van der Waals surface area contributed by atoms with Crippen molar-refractivity contribution >= 4 is 12.2 Å². The summed E-state index contributed by atoms with van der Waals surface area (Å²) in [5, 5.41) is 10.2. The van der Waals surface area contributed by atoms with E-state index >= 15 is 0 Å². The minimum atomic E-state index is -0.482. The summed E-state index contributed by atoms with van der Waals surface area (Å²) < 4.78 is 4.47. The zero-order valence-corrected chi connectivity index (χ0v) is 10.7. The van der Waals surface area contributed by atoms with Gasteiger partial charge in [-0.1, -0.05) is 27.7 Å². The van der Waals surface area contributed by atoms with Crippen molar-refractivity contribution in [2.24, 2.45) is 0 Å². The van der Waals surface area contributed by atoms with Gasteiger partial charge in [-0.15, -0.1) is 0 Å². The van der Waals surface area contributed by atoms with Crippen LogP contribution in [0.2, 0.25) is 0 Å². The molecule has 0 aliphatic rings. The maximum Gasteiger partial charge on any atom is 0.293 e.